The molecule has 0 spiro atoms. The third kappa shape index (κ3) is 1.77. The molecule has 3 N–H and O–H groups in total. The van der Waals surface area contributed by atoms with Crippen LogP contribution in [-0.2, 0) is 11.2 Å². The molecule has 0 radical (unpaired) electrons. The molecule has 0 bridgehead atoms. The van der Waals surface area contributed by atoms with Gasteiger partial charge in [-0.15, -0.1) is 0 Å². The molecule has 2 rings (SSSR count). The first kappa shape index (κ1) is 10.3. The number of nitrogens with zero attached hydrogens (tertiary/aromatic N) is 2. The molecule has 16 heavy (non-hydrogen) atoms. The van der Waals surface area contributed by atoms with Gasteiger partial charge in [-0.25, -0.2) is 14.4 Å². The summed E-state index contributed by atoms with van der Waals surface area (Å²) in [5.74, 6) is -1.73. The maximum absolute atomic E-state index is 13.4. The molecular weight excluding hydrogens is 213 g/mol. The second kappa shape index (κ2) is 3.73. The zero-order chi connectivity index (χ0) is 11.7. The van der Waals surface area contributed by atoms with Gasteiger partial charge >= 0.3 is 5.97 Å². The largest absolute Gasteiger partial charge is 0.481 e. The number of halogens is 1. The van der Waals surface area contributed by atoms with E-state index >= 15 is 0 Å². The van der Waals surface area contributed by atoms with E-state index in [9.17, 15) is 9.18 Å². The van der Waals surface area contributed by atoms with Crippen molar-refractivity contribution in [3.8, 4) is 0 Å². The highest BCUT2D eigenvalue weighted by Crippen LogP contribution is 2.19. The summed E-state index contributed by atoms with van der Waals surface area (Å²) in [5, 5.41) is 9.06. The van der Waals surface area contributed by atoms with E-state index in [1.807, 2.05) is 0 Å². The van der Waals surface area contributed by atoms with Crippen LogP contribution in [0.2, 0.25) is 0 Å². The van der Waals surface area contributed by atoms with Gasteiger partial charge in [0.15, 0.2) is 0 Å². The third-order valence-corrected chi connectivity index (χ3v) is 2.09. The normalized spacial score (nSPS) is 10.6. The first-order valence-electron chi connectivity index (χ1n) is 4.50. The van der Waals surface area contributed by atoms with Crippen molar-refractivity contribution in [1.29, 1.82) is 0 Å². The monoisotopic (exact) mass is 221 g/mol. The topological polar surface area (TPSA) is 89.1 Å². The Labute approximate surface area is 89.7 Å². The third-order valence-electron chi connectivity index (χ3n) is 2.09. The second-order valence-electron chi connectivity index (χ2n) is 3.24. The Morgan fingerprint density at radius 1 is 1.44 bits per heavy atom. The molecule has 0 aliphatic carbocycles. The van der Waals surface area contributed by atoms with Crippen LogP contribution in [0.4, 0.5) is 10.3 Å². The minimum Gasteiger partial charge on any atom is -0.481 e. The van der Waals surface area contributed by atoms with Crippen molar-refractivity contribution in [3.05, 3.63) is 29.7 Å². The predicted molar refractivity (Wildman–Crippen MR) is 55.2 cm³/mol. The highest BCUT2D eigenvalue weighted by molar-refractivity contribution is 5.85. The molecule has 1 aromatic heterocycles. The molecule has 5 nitrogen and oxygen atoms in total. The predicted octanol–water partition coefficient (Wildman–Crippen LogP) is 0.978. The Morgan fingerprint density at radius 2 is 2.19 bits per heavy atom. The summed E-state index contributed by atoms with van der Waals surface area (Å²) in [6.07, 6.45) is -0.313. The van der Waals surface area contributed by atoms with Gasteiger partial charge in [-0.1, -0.05) is 12.1 Å². The number of aliphatic carboxylic acids is 1. The Bertz CT molecular complexity index is 571. The van der Waals surface area contributed by atoms with E-state index in [1.165, 1.54) is 12.1 Å². The van der Waals surface area contributed by atoms with Gasteiger partial charge in [-0.3, -0.25) is 4.79 Å². The first-order chi connectivity index (χ1) is 7.58. The van der Waals surface area contributed by atoms with Gasteiger partial charge in [0.25, 0.3) is 0 Å². The molecule has 82 valence electrons. The van der Waals surface area contributed by atoms with Gasteiger partial charge in [0.2, 0.25) is 5.95 Å². The number of fused-ring (bicyclic) bond motifs is 1. The number of hydrogen-bond acceptors (Lipinski definition) is 4. The number of carboxylic acid groups (broad SMARTS) is 1. The average Bonchev–Trinajstić information content (AvgIpc) is 2.18. The standard InChI is InChI=1S/C10H8FN3O2/c11-6-3-1-2-5-7(4-8(15)16)13-10(12)14-9(5)6/h1-3H,4H2,(H,15,16)(H2,12,13,14). The number of rotatable bonds is 2. The maximum Gasteiger partial charge on any atom is 0.309 e. The number of aromatic nitrogens is 2. The molecule has 1 aromatic carbocycles. The lowest BCUT2D eigenvalue weighted by Crippen LogP contribution is -2.07. The van der Waals surface area contributed by atoms with Crippen LogP contribution in [0.25, 0.3) is 10.9 Å². The summed E-state index contributed by atoms with van der Waals surface area (Å²) in [6, 6.07) is 4.28. The number of para-hydroxylation sites is 1. The van der Waals surface area contributed by atoms with Crippen molar-refractivity contribution in [2.24, 2.45) is 0 Å². The zero-order valence-corrected chi connectivity index (χ0v) is 8.14. The van der Waals surface area contributed by atoms with Crippen LogP contribution in [0, 0.1) is 5.82 Å². The van der Waals surface area contributed by atoms with Gasteiger partial charge in [0.1, 0.15) is 11.3 Å². The summed E-state index contributed by atoms with van der Waals surface area (Å²) >= 11 is 0. The highest BCUT2D eigenvalue weighted by Gasteiger charge is 2.12. The Morgan fingerprint density at radius 3 is 2.88 bits per heavy atom. The van der Waals surface area contributed by atoms with Crippen LogP contribution in [0.5, 0.6) is 0 Å². The van der Waals surface area contributed by atoms with Crippen LogP contribution in [0.3, 0.4) is 0 Å². The van der Waals surface area contributed by atoms with E-state index < -0.39 is 11.8 Å². The molecule has 2 aromatic rings. The number of carbonyl (C=O) groups is 1. The van der Waals surface area contributed by atoms with Crippen molar-refractivity contribution in [3.63, 3.8) is 0 Å². The van der Waals surface area contributed by atoms with Gasteiger partial charge in [0, 0.05) is 5.39 Å². The van der Waals surface area contributed by atoms with Gasteiger partial charge in [0.05, 0.1) is 12.1 Å². The van der Waals surface area contributed by atoms with Gasteiger partial charge in [-0.2, -0.15) is 0 Å². The lowest BCUT2D eigenvalue weighted by Gasteiger charge is -2.04. The van der Waals surface area contributed by atoms with Crippen molar-refractivity contribution in [2.45, 2.75) is 6.42 Å². The molecule has 0 aliphatic rings. The lowest BCUT2D eigenvalue weighted by molar-refractivity contribution is -0.136. The van der Waals surface area contributed by atoms with E-state index in [4.69, 9.17) is 10.8 Å². The highest BCUT2D eigenvalue weighted by atomic mass is 19.1. The molecule has 0 unspecified atom stereocenters. The van der Waals surface area contributed by atoms with Gasteiger partial charge in [-0.05, 0) is 6.07 Å². The molecule has 1 heterocycles. The Hall–Kier alpha value is -2.24. The minimum absolute atomic E-state index is 0.0475. The van der Waals surface area contributed by atoms with E-state index in [2.05, 4.69) is 9.97 Å². The summed E-state index contributed by atoms with van der Waals surface area (Å²) in [6.45, 7) is 0. The molecule has 6 heteroatoms. The van der Waals surface area contributed by atoms with Crippen molar-refractivity contribution in [2.75, 3.05) is 5.73 Å². The number of nitrogen functional groups attached to an aromatic ring is 1. The summed E-state index contributed by atoms with van der Waals surface area (Å²) < 4.78 is 13.4. The number of anilines is 1. The van der Waals surface area contributed by atoms with Crippen LogP contribution >= 0.6 is 0 Å². The summed E-state index contributed by atoms with van der Waals surface area (Å²) in [4.78, 5) is 18.2. The average molecular weight is 221 g/mol. The molecular formula is C10H8FN3O2. The molecule has 0 aliphatic heterocycles. The fourth-order valence-corrected chi connectivity index (χ4v) is 1.48. The zero-order valence-electron chi connectivity index (χ0n) is 8.14. The molecule has 0 atom stereocenters. The Kier molecular flexibility index (Phi) is 2.40. The number of benzene rings is 1. The smallest absolute Gasteiger partial charge is 0.309 e. The SMILES string of the molecule is Nc1nc(CC(=O)O)c2cccc(F)c2n1. The van der Waals surface area contributed by atoms with Crippen molar-refractivity contribution in [1.82, 2.24) is 9.97 Å². The quantitative estimate of drug-likeness (QED) is 0.788. The van der Waals surface area contributed by atoms with Crippen molar-refractivity contribution >= 4 is 22.8 Å². The summed E-state index contributed by atoms with van der Waals surface area (Å²) in [7, 11) is 0. The van der Waals surface area contributed by atoms with E-state index in [-0.39, 0.29) is 23.6 Å². The Balaban J connectivity index is 2.72. The van der Waals surface area contributed by atoms with Crippen LogP contribution < -0.4 is 5.73 Å². The van der Waals surface area contributed by atoms with E-state index in [1.54, 1.807) is 6.07 Å². The second-order valence-corrected chi connectivity index (χ2v) is 3.24. The fourth-order valence-electron chi connectivity index (χ4n) is 1.48. The number of nitrogens with two attached hydrogens (primary N) is 1. The van der Waals surface area contributed by atoms with Crippen LogP contribution in [0.1, 0.15) is 5.69 Å². The minimum atomic E-state index is -1.05. The van der Waals surface area contributed by atoms with E-state index in [0.717, 1.165) is 0 Å². The van der Waals surface area contributed by atoms with E-state index in [0.29, 0.717) is 5.39 Å². The van der Waals surface area contributed by atoms with Gasteiger partial charge < -0.3 is 10.8 Å². The lowest BCUT2D eigenvalue weighted by atomic mass is 10.1. The number of carboxylic acids is 1. The van der Waals surface area contributed by atoms with Crippen LogP contribution in [0.15, 0.2) is 18.2 Å². The molecule has 0 fully saturated rings. The molecule has 0 saturated carbocycles. The van der Waals surface area contributed by atoms with Crippen molar-refractivity contribution < 1.29 is 14.3 Å². The fraction of sp³-hybridized carbons (Fsp3) is 0.100. The molecule has 0 saturated heterocycles. The molecule has 0 amide bonds. The first-order valence-corrected chi connectivity index (χ1v) is 4.50. The number of hydrogen-bond donors (Lipinski definition) is 2. The summed E-state index contributed by atoms with van der Waals surface area (Å²) in [5.41, 5.74) is 5.65. The maximum atomic E-state index is 13.4. The van der Waals surface area contributed by atoms with Crippen LogP contribution in [-0.4, -0.2) is 21.0 Å².